The van der Waals surface area contributed by atoms with Crippen LogP contribution >= 0.6 is 0 Å². The van der Waals surface area contributed by atoms with Crippen LogP contribution in [-0.4, -0.2) is 35.9 Å². The van der Waals surface area contributed by atoms with Crippen LogP contribution in [0.5, 0.6) is 0 Å². The lowest BCUT2D eigenvalue weighted by Gasteiger charge is -2.35. The lowest BCUT2D eigenvalue weighted by atomic mass is 9.70. The normalized spacial score (nSPS) is 18.6. The fourth-order valence-corrected chi connectivity index (χ4v) is 4.04. The van der Waals surface area contributed by atoms with Crippen molar-refractivity contribution >= 4 is 12.2 Å². The van der Waals surface area contributed by atoms with E-state index in [9.17, 15) is 9.59 Å². The first-order valence-corrected chi connectivity index (χ1v) is 9.72. The molecule has 2 aromatic rings. The third kappa shape index (κ3) is 4.49. The highest BCUT2D eigenvalue weighted by atomic mass is 16.5. The summed E-state index contributed by atoms with van der Waals surface area (Å²) in [5.74, 6) is -0.525. The molecule has 0 aliphatic heterocycles. The largest absolute Gasteiger partial charge is 0.303 e. The van der Waals surface area contributed by atoms with Crippen LogP contribution < -0.4 is 5.48 Å². The third-order valence-corrected chi connectivity index (χ3v) is 5.95. The molecule has 1 aliphatic rings. The van der Waals surface area contributed by atoms with Gasteiger partial charge in [-0.1, -0.05) is 30.3 Å². The van der Waals surface area contributed by atoms with Crippen LogP contribution in [0.15, 0.2) is 42.5 Å². The zero-order valence-electron chi connectivity index (χ0n) is 16.6. The summed E-state index contributed by atoms with van der Waals surface area (Å²) >= 11 is 0. The van der Waals surface area contributed by atoms with Gasteiger partial charge in [0.15, 0.2) is 0 Å². The summed E-state index contributed by atoms with van der Waals surface area (Å²) < 4.78 is 0. The molecular formula is C23H28N2O3. The first kappa shape index (κ1) is 20.2. The van der Waals surface area contributed by atoms with Gasteiger partial charge in [0.25, 0.3) is 5.91 Å². The van der Waals surface area contributed by atoms with Crippen molar-refractivity contribution in [3.05, 3.63) is 70.3 Å². The number of amides is 1. The molecule has 0 saturated heterocycles. The van der Waals surface area contributed by atoms with Crippen LogP contribution in [0.2, 0.25) is 0 Å². The smallest absolute Gasteiger partial charge is 0.274 e. The Kier molecular flexibility index (Phi) is 6.27. The second-order valence-corrected chi connectivity index (χ2v) is 8.00. The van der Waals surface area contributed by atoms with Gasteiger partial charge >= 0.3 is 0 Å². The Bertz CT molecular complexity index is 865. The van der Waals surface area contributed by atoms with E-state index >= 15 is 0 Å². The molecule has 148 valence electrons. The van der Waals surface area contributed by atoms with Gasteiger partial charge in [-0.15, -0.1) is 0 Å². The van der Waals surface area contributed by atoms with E-state index in [1.165, 1.54) is 16.7 Å². The topological polar surface area (TPSA) is 69.6 Å². The predicted molar refractivity (Wildman–Crippen MR) is 108 cm³/mol. The highest BCUT2D eigenvalue weighted by molar-refractivity contribution is 5.93. The third-order valence-electron chi connectivity index (χ3n) is 5.95. The van der Waals surface area contributed by atoms with Gasteiger partial charge in [-0.25, -0.2) is 5.48 Å². The summed E-state index contributed by atoms with van der Waals surface area (Å²) in [5.41, 5.74) is 6.48. The van der Waals surface area contributed by atoms with E-state index in [2.05, 4.69) is 37.1 Å². The number of carbonyl (C=O) groups excluding carboxylic acids is 2. The van der Waals surface area contributed by atoms with Crippen molar-refractivity contribution in [2.45, 2.75) is 39.2 Å². The summed E-state index contributed by atoms with van der Waals surface area (Å²) in [6, 6.07) is 13.8. The highest BCUT2D eigenvalue weighted by Gasteiger charge is 2.34. The van der Waals surface area contributed by atoms with Crippen molar-refractivity contribution in [2.24, 2.45) is 5.41 Å². The van der Waals surface area contributed by atoms with Crippen molar-refractivity contribution in [1.82, 2.24) is 10.4 Å². The second kappa shape index (κ2) is 8.67. The molecule has 1 atom stereocenters. The Morgan fingerprint density at radius 3 is 2.75 bits per heavy atom. The van der Waals surface area contributed by atoms with E-state index in [1.807, 2.05) is 12.1 Å². The minimum atomic E-state index is -0.525. The van der Waals surface area contributed by atoms with E-state index in [0.29, 0.717) is 12.0 Å². The van der Waals surface area contributed by atoms with E-state index < -0.39 is 11.3 Å². The number of aryl methyl sites for hydroxylation is 2. The molecule has 0 heterocycles. The molecule has 2 N–H and O–H groups in total. The van der Waals surface area contributed by atoms with Crippen molar-refractivity contribution in [3.8, 4) is 0 Å². The molecule has 0 aromatic heterocycles. The molecule has 3 rings (SSSR count). The molecule has 5 nitrogen and oxygen atoms in total. The molecule has 1 amide bonds. The number of hydrogen-bond acceptors (Lipinski definition) is 4. The quantitative estimate of drug-likeness (QED) is 0.439. The first-order valence-electron chi connectivity index (χ1n) is 9.72. The second-order valence-electron chi connectivity index (χ2n) is 8.00. The van der Waals surface area contributed by atoms with Crippen LogP contribution in [0.1, 0.15) is 45.5 Å². The number of nitrogens with zero attached hydrogens (tertiary/aromatic N) is 1. The molecule has 28 heavy (non-hydrogen) atoms. The molecule has 5 heteroatoms. The summed E-state index contributed by atoms with van der Waals surface area (Å²) in [4.78, 5) is 26.0. The van der Waals surface area contributed by atoms with Crippen molar-refractivity contribution in [1.29, 1.82) is 0 Å². The van der Waals surface area contributed by atoms with Gasteiger partial charge in [-0.05, 0) is 80.6 Å². The zero-order chi connectivity index (χ0) is 20.1. The predicted octanol–water partition coefficient (Wildman–Crippen LogP) is 3.31. The molecule has 2 aromatic carbocycles. The summed E-state index contributed by atoms with van der Waals surface area (Å²) in [6.45, 7) is 3.81. The summed E-state index contributed by atoms with van der Waals surface area (Å²) in [5, 5.41) is 8.87. The molecular weight excluding hydrogens is 352 g/mol. The van der Waals surface area contributed by atoms with Crippen LogP contribution in [0, 0.1) is 12.3 Å². The molecule has 0 saturated carbocycles. The lowest BCUT2D eigenvalue weighted by molar-refractivity contribution is -0.117. The monoisotopic (exact) mass is 380 g/mol. The molecule has 0 unspecified atom stereocenters. The van der Waals surface area contributed by atoms with Gasteiger partial charge in [-0.2, -0.15) is 0 Å². The zero-order valence-corrected chi connectivity index (χ0v) is 16.6. The average molecular weight is 380 g/mol. The van der Waals surface area contributed by atoms with Gasteiger partial charge in [0, 0.05) is 17.5 Å². The SMILES string of the molecule is Cc1ccccc1CN(C)CC[C@@]1(C=O)CCc2ccc(C(=O)NO)cc2C1. The number of benzene rings is 2. The van der Waals surface area contributed by atoms with Crippen LogP contribution in [0.4, 0.5) is 0 Å². The van der Waals surface area contributed by atoms with Gasteiger partial charge < -0.3 is 9.69 Å². The van der Waals surface area contributed by atoms with Gasteiger partial charge in [0.05, 0.1) is 0 Å². The van der Waals surface area contributed by atoms with Crippen molar-refractivity contribution in [2.75, 3.05) is 13.6 Å². The number of rotatable bonds is 7. The number of hydroxylamine groups is 1. The molecule has 0 spiro atoms. The van der Waals surface area contributed by atoms with Crippen molar-refractivity contribution in [3.63, 3.8) is 0 Å². The summed E-state index contributed by atoms with van der Waals surface area (Å²) in [7, 11) is 2.09. The Morgan fingerprint density at radius 2 is 2.04 bits per heavy atom. The first-order chi connectivity index (χ1) is 13.5. The standard InChI is InChI=1S/C23H28N2O3/c1-17-5-3-4-6-20(17)15-25(2)12-11-23(16-26)10-9-18-7-8-19(22(27)24-28)13-21(18)14-23/h3-8,13,16,28H,9-12,14-15H2,1-2H3,(H,24,27)/t23-/m0/s1. The highest BCUT2D eigenvalue weighted by Crippen LogP contribution is 2.37. The fourth-order valence-electron chi connectivity index (χ4n) is 4.04. The maximum Gasteiger partial charge on any atom is 0.274 e. The van der Waals surface area contributed by atoms with E-state index in [0.717, 1.165) is 44.2 Å². The number of fused-ring (bicyclic) bond motifs is 1. The maximum absolute atomic E-state index is 12.1. The van der Waals surface area contributed by atoms with Crippen molar-refractivity contribution < 1.29 is 14.8 Å². The minimum Gasteiger partial charge on any atom is -0.303 e. The van der Waals surface area contributed by atoms with E-state index in [1.54, 1.807) is 17.6 Å². The minimum absolute atomic E-state index is 0.401. The molecule has 0 bridgehead atoms. The average Bonchev–Trinajstić information content (AvgIpc) is 2.72. The van der Waals surface area contributed by atoms with E-state index in [-0.39, 0.29) is 0 Å². The van der Waals surface area contributed by atoms with E-state index in [4.69, 9.17) is 5.21 Å². The number of nitrogens with one attached hydrogen (secondary N) is 1. The Labute approximate surface area is 166 Å². The van der Waals surface area contributed by atoms with Crippen LogP contribution in [0.3, 0.4) is 0 Å². The molecule has 0 fully saturated rings. The Morgan fingerprint density at radius 1 is 1.25 bits per heavy atom. The van der Waals surface area contributed by atoms with Gasteiger partial charge in [0.1, 0.15) is 6.29 Å². The Hall–Kier alpha value is -2.50. The molecule has 0 radical (unpaired) electrons. The maximum atomic E-state index is 12.1. The lowest BCUT2D eigenvalue weighted by Crippen LogP contribution is -2.35. The number of aldehydes is 1. The molecule has 1 aliphatic carbocycles. The number of hydrogen-bond donors (Lipinski definition) is 2. The Balaban J connectivity index is 1.68. The van der Waals surface area contributed by atoms with Crippen LogP contribution in [-0.2, 0) is 24.2 Å². The summed E-state index contributed by atoms with van der Waals surface area (Å²) in [6.07, 6.45) is 4.19. The number of carbonyl (C=O) groups is 2. The van der Waals surface area contributed by atoms with Crippen LogP contribution in [0.25, 0.3) is 0 Å². The van der Waals surface area contributed by atoms with Gasteiger partial charge in [-0.3, -0.25) is 10.0 Å². The fraction of sp³-hybridized carbons (Fsp3) is 0.391. The van der Waals surface area contributed by atoms with Gasteiger partial charge in [0.2, 0.25) is 0 Å².